The molecule has 1 saturated carbocycles. The SMILES string of the molecule is CCNc1cc(Sc2ccc(F)cc2)nc(C2CC2)n1. The van der Waals surface area contributed by atoms with E-state index < -0.39 is 0 Å². The Bertz CT molecular complexity index is 597. The molecule has 1 aliphatic carbocycles. The third-order valence-corrected chi connectivity index (χ3v) is 3.98. The van der Waals surface area contributed by atoms with E-state index in [9.17, 15) is 4.39 Å². The summed E-state index contributed by atoms with van der Waals surface area (Å²) in [5.74, 6) is 2.09. The fourth-order valence-corrected chi connectivity index (χ4v) is 2.74. The van der Waals surface area contributed by atoms with E-state index in [4.69, 9.17) is 0 Å². The van der Waals surface area contributed by atoms with Gasteiger partial charge in [0.05, 0.1) is 0 Å². The van der Waals surface area contributed by atoms with Gasteiger partial charge in [-0.2, -0.15) is 0 Å². The van der Waals surface area contributed by atoms with E-state index in [0.717, 1.165) is 28.1 Å². The highest BCUT2D eigenvalue weighted by Crippen LogP contribution is 2.39. The molecule has 0 aliphatic heterocycles. The number of aromatic nitrogens is 2. The number of nitrogens with one attached hydrogen (secondary N) is 1. The first kappa shape index (κ1) is 13.4. The fourth-order valence-electron chi connectivity index (χ4n) is 1.91. The van der Waals surface area contributed by atoms with Crippen molar-refractivity contribution >= 4 is 17.6 Å². The third-order valence-electron chi connectivity index (χ3n) is 3.06. The monoisotopic (exact) mass is 289 g/mol. The van der Waals surface area contributed by atoms with Gasteiger partial charge in [0.15, 0.2) is 0 Å². The summed E-state index contributed by atoms with van der Waals surface area (Å²) in [6.07, 6.45) is 2.35. The molecule has 1 aromatic heterocycles. The summed E-state index contributed by atoms with van der Waals surface area (Å²) in [6, 6.07) is 8.42. The Kier molecular flexibility index (Phi) is 3.87. The van der Waals surface area contributed by atoms with Gasteiger partial charge in [0.1, 0.15) is 22.5 Å². The van der Waals surface area contributed by atoms with E-state index in [-0.39, 0.29) is 5.82 Å². The van der Waals surface area contributed by atoms with Crippen molar-refractivity contribution in [3.05, 3.63) is 42.0 Å². The zero-order valence-corrected chi connectivity index (χ0v) is 12.1. The van der Waals surface area contributed by atoms with Gasteiger partial charge in [0, 0.05) is 23.4 Å². The number of halogens is 1. The minimum absolute atomic E-state index is 0.218. The van der Waals surface area contributed by atoms with Crippen molar-refractivity contribution in [2.45, 2.75) is 35.6 Å². The number of anilines is 1. The summed E-state index contributed by atoms with van der Waals surface area (Å²) in [7, 11) is 0. The van der Waals surface area contributed by atoms with Gasteiger partial charge in [-0.25, -0.2) is 14.4 Å². The third kappa shape index (κ3) is 3.28. The van der Waals surface area contributed by atoms with Crippen LogP contribution in [0, 0.1) is 5.82 Å². The van der Waals surface area contributed by atoms with E-state index >= 15 is 0 Å². The summed E-state index contributed by atoms with van der Waals surface area (Å²) in [6.45, 7) is 2.88. The second-order valence-corrected chi connectivity index (χ2v) is 5.90. The molecule has 5 heteroatoms. The lowest BCUT2D eigenvalue weighted by Gasteiger charge is -2.08. The maximum Gasteiger partial charge on any atom is 0.135 e. The van der Waals surface area contributed by atoms with Crippen LogP contribution in [-0.2, 0) is 0 Å². The number of hydrogen-bond donors (Lipinski definition) is 1. The van der Waals surface area contributed by atoms with Crippen molar-refractivity contribution in [2.75, 3.05) is 11.9 Å². The molecule has 3 rings (SSSR count). The molecule has 0 unspecified atom stereocenters. The lowest BCUT2D eigenvalue weighted by molar-refractivity contribution is 0.626. The highest BCUT2D eigenvalue weighted by atomic mass is 32.2. The highest BCUT2D eigenvalue weighted by Gasteiger charge is 2.27. The number of nitrogens with zero attached hydrogens (tertiary/aromatic N) is 2. The summed E-state index contributed by atoms with van der Waals surface area (Å²) >= 11 is 1.54. The molecule has 1 heterocycles. The Labute approximate surface area is 122 Å². The molecule has 1 aromatic carbocycles. The van der Waals surface area contributed by atoms with Crippen molar-refractivity contribution in [2.24, 2.45) is 0 Å². The first-order valence-electron chi connectivity index (χ1n) is 6.81. The molecule has 0 atom stereocenters. The van der Waals surface area contributed by atoms with Crippen molar-refractivity contribution in [1.29, 1.82) is 0 Å². The molecule has 0 radical (unpaired) electrons. The average molecular weight is 289 g/mol. The van der Waals surface area contributed by atoms with Gasteiger partial charge in [0.2, 0.25) is 0 Å². The van der Waals surface area contributed by atoms with E-state index in [1.807, 2.05) is 13.0 Å². The standard InChI is InChI=1S/C15H16FN3S/c1-2-17-13-9-14(19-15(18-13)10-3-4-10)20-12-7-5-11(16)6-8-12/h5-10H,2-4H2,1H3,(H,17,18,19). The van der Waals surface area contributed by atoms with Crippen LogP contribution in [0.2, 0.25) is 0 Å². The normalized spacial score (nSPS) is 14.3. The molecule has 1 fully saturated rings. The predicted molar refractivity (Wildman–Crippen MR) is 78.7 cm³/mol. The first-order chi connectivity index (χ1) is 9.74. The smallest absolute Gasteiger partial charge is 0.135 e. The molecule has 0 spiro atoms. The molecule has 20 heavy (non-hydrogen) atoms. The van der Waals surface area contributed by atoms with E-state index in [1.165, 1.54) is 36.7 Å². The molecular formula is C15H16FN3S. The van der Waals surface area contributed by atoms with Gasteiger partial charge in [-0.3, -0.25) is 0 Å². The van der Waals surface area contributed by atoms with E-state index in [0.29, 0.717) is 5.92 Å². The van der Waals surface area contributed by atoms with Crippen LogP contribution < -0.4 is 5.32 Å². The van der Waals surface area contributed by atoms with Gasteiger partial charge in [-0.15, -0.1) is 0 Å². The molecule has 1 aliphatic rings. The molecule has 1 N–H and O–H groups in total. The maximum absolute atomic E-state index is 12.9. The zero-order valence-electron chi connectivity index (χ0n) is 11.3. The van der Waals surface area contributed by atoms with Gasteiger partial charge < -0.3 is 5.32 Å². The van der Waals surface area contributed by atoms with Crippen LogP contribution in [0.25, 0.3) is 0 Å². The van der Waals surface area contributed by atoms with Gasteiger partial charge in [-0.05, 0) is 44.0 Å². The first-order valence-corrected chi connectivity index (χ1v) is 7.62. The molecule has 3 nitrogen and oxygen atoms in total. The number of benzene rings is 1. The Hall–Kier alpha value is -1.62. The lowest BCUT2D eigenvalue weighted by Crippen LogP contribution is -2.03. The van der Waals surface area contributed by atoms with Crippen LogP contribution in [0.4, 0.5) is 10.2 Å². The maximum atomic E-state index is 12.9. The Morgan fingerprint density at radius 1 is 1.25 bits per heavy atom. The quantitative estimate of drug-likeness (QED) is 0.842. The summed E-state index contributed by atoms with van der Waals surface area (Å²) < 4.78 is 12.9. The van der Waals surface area contributed by atoms with Gasteiger partial charge in [0.25, 0.3) is 0 Å². The summed E-state index contributed by atoms with van der Waals surface area (Å²) in [4.78, 5) is 10.1. The second kappa shape index (κ2) is 5.79. The average Bonchev–Trinajstić information content (AvgIpc) is 3.26. The molecule has 0 amide bonds. The number of rotatable bonds is 5. The Morgan fingerprint density at radius 2 is 2.00 bits per heavy atom. The minimum atomic E-state index is -0.218. The highest BCUT2D eigenvalue weighted by molar-refractivity contribution is 7.99. The topological polar surface area (TPSA) is 37.8 Å². The van der Waals surface area contributed by atoms with Crippen LogP contribution >= 0.6 is 11.8 Å². The van der Waals surface area contributed by atoms with Crippen LogP contribution in [0.1, 0.15) is 31.5 Å². The second-order valence-electron chi connectivity index (χ2n) is 4.81. The zero-order chi connectivity index (χ0) is 13.9. The van der Waals surface area contributed by atoms with Crippen LogP contribution in [0.5, 0.6) is 0 Å². The predicted octanol–water partition coefficient (Wildman–Crippen LogP) is 4.08. The van der Waals surface area contributed by atoms with E-state index in [2.05, 4.69) is 15.3 Å². The Morgan fingerprint density at radius 3 is 2.65 bits per heavy atom. The minimum Gasteiger partial charge on any atom is -0.370 e. The summed E-state index contributed by atoms with van der Waals surface area (Å²) in [5, 5.41) is 4.15. The summed E-state index contributed by atoms with van der Waals surface area (Å²) in [5.41, 5.74) is 0. The van der Waals surface area contributed by atoms with Crippen molar-refractivity contribution in [3.8, 4) is 0 Å². The largest absolute Gasteiger partial charge is 0.370 e. The molecule has 104 valence electrons. The number of hydrogen-bond acceptors (Lipinski definition) is 4. The molecule has 2 aromatic rings. The Balaban J connectivity index is 1.85. The molecule has 0 saturated heterocycles. The lowest BCUT2D eigenvalue weighted by atomic mass is 10.3. The van der Waals surface area contributed by atoms with Crippen molar-refractivity contribution in [1.82, 2.24) is 9.97 Å². The van der Waals surface area contributed by atoms with Gasteiger partial charge in [-0.1, -0.05) is 11.8 Å². The van der Waals surface area contributed by atoms with Crippen LogP contribution in [0.3, 0.4) is 0 Å². The van der Waals surface area contributed by atoms with Crippen molar-refractivity contribution < 1.29 is 4.39 Å². The molecular weight excluding hydrogens is 273 g/mol. The van der Waals surface area contributed by atoms with Crippen molar-refractivity contribution in [3.63, 3.8) is 0 Å². The fraction of sp³-hybridized carbons (Fsp3) is 0.333. The van der Waals surface area contributed by atoms with Crippen LogP contribution in [0.15, 0.2) is 40.3 Å². The molecule has 0 bridgehead atoms. The van der Waals surface area contributed by atoms with Gasteiger partial charge >= 0.3 is 0 Å². The van der Waals surface area contributed by atoms with Crippen LogP contribution in [-0.4, -0.2) is 16.5 Å². The van der Waals surface area contributed by atoms with E-state index in [1.54, 1.807) is 12.1 Å².